The molecule has 3 aromatic carbocycles. The highest BCUT2D eigenvalue weighted by molar-refractivity contribution is 6.21. The van der Waals surface area contributed by atoms with E-state index in [-0.39, 0.29) is 11.7 Å². The summed E-state index contributed by atoms with van der Waals surface area (Å²) in [7, 11) is 0. The quantitative estimate of drug-likeness (QED) is 0.384. The molecule has 1 aromatic heterocycles. The molecule has 1 fully saturated rings. The minimum atomic E-state index is -0.197. The smallest absolute Gasteiger partial charge is 0.263 e. The molecule has 1 saturated carbocycles. The molecule has 0 radical (unpaired) electrons. The number of rotatable bonds is 5. The Hall–Kier alpha value is -3.66. The van der Waals surface area contributed by atoms with Crippen LogP contribution in [0.1, 0.15) is 58.5 Å². The van der Waals surface area contributed by atoms with Crippen LogP contribution in [0.3, 0.4) is 0 Å². The Kier molecular flexibility index (Phi) is 5.59. The summed E-state index contributed by atoms with van der Waals surface area (Å²) in [6.45, 7) is 0. The van der Waals surface area contributed by atoms with E-state index >= 15 is 0 Å². The van der Waals surface area contributed by atoms with Crippen LogP contribution >= 0.6 is 0 Å². The molecule has 1 aliphatic carbocycles. The van der Waals surface area contributed by atoms with Gasteiger partial charge in [-0.05, 0) is 31.0 Å². The third kappa shape index (κ3) is 3.73. The van der Waals surface area contributed by atoms with E-state index in [1.807, 2.05) is 72.8 Å². The second-order valence-corrected chi connectivity index (χ2v) is 8.42. The van der Waals surface area contributed by atoms with Gasteiger partial charge in [0.05, 0.1) is 11.2 Å². The fraction of sp³-hybridized carbons (Fsp3) is 0.214. The first-order valence-electron chi connectivity index (χ1n) is 11.3. The lowest BCUT2D eigenvalue weighted by Gasteiger charge is -2.24. The topological polar surface area (TPSA) is 51.1 Å². The fourth-order valence-corrected chi connectivity index (χ4v) is 4.70. The maximum atomic E-state index is 13.8. The molecule has 5 rings (SSSR count). The number of benzene rings is 3. The van der Waals surface area contributed by atoms with Crippen molar-refractivity contribution in [3.05, 3.63) is 102 Å². The van der Waals surface area contributed by atoms with Crippen LogP contribution in [0.25, 0.3) is 10.9 Å². The van der Waals surface area contributed by atoms with Gasteiger partial charge in [-0.1, -0.05) is 86.0 Å². The highest BCUT2D eigenvalue weighted by Crippen LogP contribution is 2.35. The highest BCUT2D eigenvalue weighted by atomic mass is 16.2. The average molecular weight is 423 g/mol. The molecule has 0 amide bonds. The zero-order valence-electron chi connectivity index (χ0n) is 18.0. The first kappa shape index (κ1) is 20.3. The molecule has 4 aromatic rings. The number of nitrogens with one attached hydrogen (secondary N) is 1. The molecule has 1 N–H and O–H groups in total. The molecule has 0 aliphatic heterocycles. The van der Waals surface area contributed by atoms with Gasteiger partial charge in [0.2, 0.25) is 5.78 Å². The van der Waals surface area contributed by atoms with Crippen molar-refractivity contribution in [1.29, 1.82) is 0 Å². The molecule has 0 unspecified atom stereocenters. The second kappa shape index (κ2) is 8.83. The Morgan fingerprint density at radius 2 is 1.31 bits per heavy atom. The third-order valence-electron chi connectivity index (χ3n) is 6.30. The van der Waals surface area contributed by atoms with E-state index in [2.05, 4.69) is 5.32 Å². The van der Waals surface area contributed by atoms with E-state index < -0.39 is 0 Å². The monoisotopic (exact) mass is 422 g/mol. The summed E-state index contributed by atoms with van der Waals surface area (Å²) in [5, 5.41) is 4.58. The lowest BCUT2D eigenvalue weighted by molar-refractivity contribution is 0.0938. The predicted molar refractivity (Wildman–Crippen MR) is 128 cm³/mol. The van der Waals surface area contributed by atoms with Gasteiger partial charge in [-0.2, -0.15) is 0 Å². The molecule has 0 saturated heterocycles. The SMILES string of the molecule is O=C(c1ccccc1)c1c(NC2CCCCC2)c2ccccc2n1C(=O)c1ccccc1. The number of carbonyl (C=O) groups is 2. The van der Waals surface area contributed by atoms with Gasteiger partial charge in [0.15, 0.2) is 0 Å². The molecule has 0 atom stereocenters. The Morgan fingerprint density at radius 3 is 2.00 bits per heavy atom. The number of hydrogen-bond donors (Lipinski definition) is 1. The summed E-state index contributed by atoms with van der Waals surface area (Å²) < 4.78 is 1.60. The first-order chi connectivity index (χ1) is 15.7. The largest absolute Gasteiger partial charge is 0.380 e. The minimum absolute atomic E-state index is 0.149. The van der Waals surface area contributed by atoms with Crippen molar-refractivity contribution in [3.63, 3.8) is 0 Å². The molecular formula is C28H26N2O2. The molecular weight excluding hydrogens is 396 g/mol. The molecule has 1 aliphatic rings. The minimum Gasteiger partial charge on any atom is -0.380 e. The highest BCUT2D eigenvalue weighted by Gasteiger charge is 2.29. The Bertz CT molecular complexity index is 1250. The van der Waals surface area contributed by atoms with Gasteiger partial charge in [-0.15, -0.1) is 0 Å². The number of carbonyl (C=O) groups excluding carboxylic acids is 2. The second-order valence-electron chi connectivity index (χ2n) is 8.42. The lowest BCUT2D eigenvalue weighted by Crippen LogP contribution is -2.25. The van der Waals surface area contributed by atoms with Crippen molar-refractivity contribution in [2.75, 3.05) is 5.32 Å². The van der Waals surface area contributed by atoms with Crippen LogP contribution in [0.15, 0.2) is 84.9 Å². The molecule has 0 spiro atoms. The van der Waals surface area contributed by atoms with Crippen molar-refractivity contribution < 1.29 is 9.59 Å². The van der Waals surface area contributed by atoms with Crippen molar-refractivity contribution in [3.8, 4) is 0 Å². The van der Waals surface area contributed by atoms with Crippen LogP contribution in [0.2, 0.25) is 0 Å². The molecule has 32 heavy (non-hydrogen) atoms. The van der Waals surface area contributed by atoms with E-state index in [9.17, 15) is 9.59 Å². The zero-order valence-corrected chi connectivity index (χ0v) is 18.0. The Labute approximate surface area is 187 Å². The molecule has 160 valence electrons. The number of hydrogen-bond acceptors (Lipinski definition) is 3. The van der Waals surface area contributed by atoms with Crippen LogP contribution in [0.5, 0.6) is 0 Å². The number of para-hydroxylation sites is 1. The van der Waals surface area contributed by atoms with Gasteiger partial charge in [0.25, 0.3) is 5.91 Å². The average Bonchev–Trinajstić information content (AvgIpc) is 3.19. The summed E-state index contributed by atoms with van der Waals surface area (Å²) in [5.74, 6) is -0.345. The number of anilines is 1. The number of nitrogens with zero attached hydrogens (tertiary/aromatic N) is 1. The van der Waals surface area contributed by atoms with Gasteiger partial charge < -0.3 is 5.32 Å². The Balaban J connectivity index is 1.73. The number of ketones is 1. The maximum absolute atomic E-state index is 13.8. The molecule has 4 heteroatoms. The van der Waals surface area contributed by atoms with Gasteiger partial charge in [-0.25, -0.2) is 0 Å². The van der Waals surface area contributed by atoms with Gasteiger partial charge in [-0.3, -0.25) is 14.2 Å². The molecule has 4 nitrogen and oxygen atoms in total. The van der Waals surface area contributed by atoms with Gasteiger partial charge in [0, 0.05) is 22.6 Å². The summed E-state index contributed by atoms with van der Waals surface area (Å²) in [6, 6.07) is 26.5. The number of fused-ring (bicyclic) bond motifs is 1. The fourth-order valence-electron chi connectivity index (χ4n) is 4.70. The molecule has 1 heterocycles. The maximum Gasteiger partial charge on any atom is 0.263 e. The van der Waals surface area contributed by atoms with E-state index in [1.165, 1.54) is 19.3 Å². The summed E-state index contributed by atoms with van der Waals surface area (Å²) in [6.07, 6.45) is 5.76. The standard InChI is InChI=1S/C28H26N2O2/c31-27(20-12-4-1-5-13-20)26-25(29-22-16-8-3-9-17-22)23-18-10-11-19-24(23)30(26)28(32)21-14-6-2-7-15-21/h1-2,4-7,10-15,18-19,22,29H,3,8-9,16-17H2. The van der Waals surface area contributed by atoms with E-state index in [0.717, 1.165) is 29.4 Å². The third-order valence-corrected chi connectivity index (χ3v) is 6.30. The van der Waals surface area contributed by atoms with Crippen molar-refractivity contribution in [2.45, 2.75) is 38.1 Å². The lowest BCUT2D eigenvalue weighted by atomic mass is 9.95. The summed E-state index contributed by atoms with van der Waals surface area (Å²) in [4.78, 5) is 27.5. The van der Waals surface area contributed by atoms with Crippen molar-refractivity contribution in [1.82, 2.24) is 4.57 Å². The van der Waals surface area contributed by atoms with Crippen LogP contribution in [0.4, 0.5) is 5.69 Å². The van der Waals surface area contributed by atoms with E-state index in [0.29, 0.717) is 22.9 Å². The summed E-state index contributed by atoms with van der Waals surface area (Å²) in [5.41, 5.74) is 3.06. The van der Waals surface area contributed by atoms with Crippen LogP contribution in [-0.4, -0.2) is 22.3 Å². The normalized spacial score (nSPS) is 14.4. The predicted octanol–water partition coefficient (Wildman–Crippen LogP) is 6.31. The Morgan fingerprint density at radius 1 is 0.719 bits per heavy atom. The zero-order chi connectivity index (χ0) is 21.9. The molecule has 0 bridgehead atoms. The summed E-state index contributed by atoms with van der Waals surface area (Å²) >= 11 is 0. The van der Waals surface area contributed by atoms with Crippen molar-refractivity contribution >= 4 is 28.3 Å². The van der Waals surface area contributed by atoms with Gasteiger partial charge >= 0.3 is 0 Å². The first-order valence-corrected chi connectivity index (χ1v) is 11.3. The van der Waals surface area contributed by atoms with Crippen LogP contribution < -0.4 is 5.32 Å². The number of aromatic nitrogens is 1. The van der Waals surface area contributed by atoms with Crippen molar-refractivity contribution in [2.24, 2.45) is 0 Å². The van der Waals surface area contributed by atoms with Crippen LogP contribution in [-0.2, 0) is 0 Å². The van der Waals surface area contributed by atoms with Gasteiger partial charge in [0.1, 0.15) is 5.69 Å². The van der Waals surface area contributed by atoms with Crippen LogP contribution in [0, 0.1) is 0 Å². The van der Waals surface area contributed by atoms with E-state index in [1.54, 1.807) is 16.7 Å². The van der Waals surface area contributed by atoms with E-state index in [4.69, 9.17) is 0 Å².